The van der Waals surface area contributed by atoms with E-state index in [2.05, 4.69) is 15.2 Å². The van der Waals surface area contributed by atoms with E-state index in [1.165, 1.54) is 0 Å². The topological polar surface area (TPSA) is 74.7 Å². The van der Waals surface area contributed by atoms with Crippen LogP contribution >= 0.6 is 0 Å². The molecule has 1 saturated heterocycles. The molecule has 0 unspecified atom stereocenters. The summed E-state index contributed by atoms with van der Waals surface area (Å²) >= 11 is 0. The van der Waals surface area contributed by atoms with Crippen LogP contribution in [0.4, 0.5) is 0 Å². The molecule has 2 heterocycles. The van der Waals surface area contributed by atoms with E-state index in [-0.39, 0.29) is 24.5 Å². The fourth-order valence-electron chi connectivity index (χ4n) is 3.17. The smallest absolute Gasteiger partial charge is 0.251 e. The minimum Gasteiger partial charge on any atom is -0.481 e. The SMILES string of the molecule is COc1cccc(CN2C[C@@H](CO)[C@H](NC(=O)c3ccccc3)C2)n1. The van der Waals surface area contributed by atoms with Crippen molar-refractivity contribution in [3.05, 3.63) is 59.8 Å². The second-order valence-electron chi connectivity index (χ2n) is 6.25. The van der Waals surface area contributed by atoms with Crippen LogP contribution in [0, 0.1) is 5.92 Å². The van der Waals surface area contributed by atoms with Crippen LogP contribution in [0.25, 0.3) is 0 Å². The first-order chi connectivity index (χ1) is 12.2. The maximum Gasteiger partial charge on any atom is 0.251 e. The molecule has 1 aliphatic rings. The number of rotatable bonds is 6. The van der Waals surface area contributed by atoms with Crippen LogP contribution in [-0.2, 0) is 6.54 Å². The van der Waals surface area contributed by atoms with Gasteiger partial charge in [-0.05, 0) is 18.2 Å². The molecule has 2 atom stereocenters. The number of hydrogen-bond donors (Lipinski definition) is 2. The summed E-state index contributed by atoms with van der Waals surface area (Å²) in [6.07, 6.45) is 0. The molecule has 0 radical (unpaired) electrons. The molecule has 3 rings (SSSR count). The lowest BCUT2D eigenvalue weighted by Crippen LogP contribution is -2.41. The number of benzene rings is 1. The maximum absolute atomic E-state index is 12.4. The van der Waals surface area contributed by atoms with E-state index in [0.29, 0.717) is 24.5 Å². The number of carbonyl (C=O) groups is 1. The fraction of sp³-hybridized carbons (Fsp3) is 0.368. The van der Waals surface area contributed by atoms with Crippen molar-refractivity contribution in [1.29, 1.82) is 0 Å². The lowest BCUT2D eigenvalue weighted by Gasteiger charge is -2.18. The summed E-state index contributed by atoms with van der Waals surface area (Å²) in [4.78, 5) is 19.0. The molecule has 1 fully saturated rings. The van der Waals surface area contributed by atoms with Gasteiger partial charge in [-0.2, -0.15) is 0 Å². The quantitative estimate of drug-likeness (QED) is 0.829. The number of aliphatic hydroxyl groups is 1. The predicted octanol–water partition coefficient (Wildman–Crippen LogP) is 1.31. The standard InChI is InChI=1S/C19H23N3O3/c1-25-18-9-5-8-16(20-18)11-22-10-15(13-23)17(12-22)21-19(24)14-6-3-2-4-7-14/h2-9,15,17,23H,10-13H2,1H3,(H,21,24)/t15-,17+/m0/s1. The second kappa shape index (κ2) is 8.09. The maximum atomic E-state index is 12.4. The lowest BCUT2D eigenvalue weighted by atomic mass is 10.0. The third-order valence-corrected chi connectivity index (χ3v) is 4.48. The Morgan fingerprint density at radius 1 is 1.24 bits per heavy atom. The van der Waals surface area contributed by atoms with Gasteiger partial charge in [-0.15, -0.1) is 0 Å². The summed E-state index contributed by atoms with van der Waals surface area (Å²) in [5.41, 5.74) is 1.54. The number of carbonyl (C=O) groups excluding carboxylic acids is 1. The monoisotopic (exact) mass is 341 g/mol. The average molecular weight is 341 g/mol. The number of ether oxygens (including phenoxy) is 1. The predicted molar refractivity (Wildman–Crippen MR) is 94.3 cm³/mol. The number of pyridine rings is 1. The third-order valence-electron chi connectivity index (χ3n) is 4.48. The van der Waals surface area contributed by atoms with Crippen LogP contribution in [0.15, 0.2) is 48.5 Å². The number of amides is 1. The highest BCUT2D eigenvalue weighted by Crippen LogP contribution is 2.20. The van der Waals surface area contributed by atoms with Gasteiger partial charge in [-0.3, -0.25) is 9.69 Å². The van der Waals surface area contributed by atoms with E-state index < -0.39 is 0 Å². The van der Waals surface area contributed by atoms with Crippen molar-refractivity contribution < 1.29 is 14.6 Å². The Labute approximate surface area is 147 Å². The molecular weight excluding hydrogens is 318 g/mol. The molecule has 0 aliphatic carbocycles. The van der Waals surface area contributed by atoms with E-state index >= 15 is 0 Å². The molecule has 0 spiro atoms. The van der Waals surface area contributed by atoms with Crippen molar-refractivity contribution in [2.24, 2.45) is 5.92 Å². The van der Waals surface area contributed by atoms with Gasteiger partial charge in [0.1, 0.15) is 0 Å². The van der Waals surface area contributed by atoms with Crippen molar-refractivity contribution in [2.75, 3.05) is 26.8 Å². The van der Waals surface area contributed by atoms with Crippen molar-refractivity contribution in [3.63, 3.8) is 0 Å². The number of hydrogen-bond acceptors (Lipinski definition) is 5. The summed E-state index contributed by atoms with van der Waals surface area (Å²) < 4.78 is 5.16. The zero-order valence-corrected chi connectivity index (χ0v) is 14.3. The van der Waals surface area contributed by atoms with Gasteiger partial charge in [0.25, 0.3) is 5.91 Å². The van der Waals surface area contributed by atoms with Crippen molar-refractivity contribution >= 4 is 5.91 Å². The van der Waals surface area contributed by atoms with Crippen LogP contribution in [0.1, 0.15) is 16.1 Å². The van der Waals surface area contributed by atoms with Gasteiger partial charge in [-0.25, -0.2) is 4.98 Å². The molecule has 1 aromatic carbocycles. The van der Waals surface area contributed by atoms with Gasteiger partial charge in [-0.1, -0.05) is 24.3 Å². The summed E-state index contributed by atoms with van der Waals surface area (Å²) in [7, 11) is 1.60. The first kappa shape index (κ1) is 17.4. The second-order valence-corrected chi connectivity index (χ2v) is 6.25. The zero-order chi connectivity index (χ0) is 17.6. The molecule has 25 heavy (non-hydrogen) atoms. The summed E-state index contributed by atoms with van der Waals surface area (Å²) in [6.45, 7) is 2.10. The van der Waals surface area contributed by atoms with E-state index in [1.807, 2.05) is 36.4 Å². The minimum absolute atomic E-state index is 0.0123. The zero-order valence-electron chi connectivity index (χ0n) is 14.3. The summed E-state index contributed by atoms with van der Waals surface area (Å²) in [5.74, 6) is 0.494. The molecule has 6 heteroatoms. The highest BCUT2D eigenvalue weighted by Gasteiger charge is 2.33. The Kier molecular flexibility index (Phi) is 5.63. The Morgan fingerprint density at radius 3 is 2.76 bits per heavy atom. The molecule has 1 aromatic heterocycles. The average Bonchev–Trinajstić information content (AvgIpc) is 3.03. The Hall–Kier alpha value is -2.44. The van der Waals surface area contributed by atoms with Gasteiger partial charge in [0, 0.05) is 49.8 Å². The van der Waals surface area contributed by atoms with E-state index in [0.717, 1.165) is 12.2 Å². The number of nitrogens with one attached hydrogen (secondary N) is 1. The largest absolute Gasteiger partial charge is 0.481 e. The number of aliphatic hydroxyl groups excluding tert-OH is 1. The van der Waals surface area contributed by atoms with Gasteiger partial charge in [0.2, 0.25) is 5.88 Å². The molecule has 6 nitrogen and oxygen atoms in total. The minimum atomic E-state index is -0.106. The van der Waals surface area contributed by atoms with Crippen molar-refractivity contribution in [1.82, 2.24) is 15.2 Å². The van der Waals surface area contributed by atoms with E-state index in [1.54, 1.807) is 19.2 Å². The van der Waals surface area contributed by atoms with Crippen LogP contribution in [0.3, 0.4) is 0 Å². The first-order valence-corrected chi connectivity index (χ1v) is 8.38. The molecule has 2 aromatic rings. The van der Waals surface area contributed by atoms with Gasteiger partial charge >= 0.3 is 0 Å². The number of likely N-dealkylation sites (tertiary alicyclic amines) is 1. The fourth-order valence-corrected chi connectivity index (χ4v) is 3.17. The molecule has 1 aliphatic heterocycles. The number of methoxy groups -OCH3 is 1. The number of aromatic nitrogens is 1. The summed E-state index contributed by atoms with van der Waals surface area (Å²) in [5, 5.41) is 12.7. The van der Waals surface area contributed by atoms with Crippen LogP contribution in [0.2, 0.25) is 0 Å². The highest BCUT2D eigenvalue weighted by molar-refractivity contribution is 5.94. The van der Waals surface area contributed by atoms with Gasteiger partial charge in [0.15, 0.2) is 0 Å². The molecular formula is C19H23N3O3. The Morgan fingerprint density at radius 2 is 2.04 bits per heavy atom. The van der Waals surface area contributed by atoms with Crippen molar-refractivity contribution in [2.45, 2.75) is 12.6 Å². The summed E-state index contributed by atoms with van der Waals surface area (Å²) in [6, 6.07) is 14.7. The molecule has 0 saturated carbocycles. The highest BCUT2D eigenvalue weighted by atomic mass is 16.5. The van der Waals surface area contributed by atoms with Gasteiger partial charge < -0.3 is 15.2 Å². The molecule has 1 amide bonds. The first-order valence-electron chi connectivity index (χ1n) is 8.38. The van der Waals surface area contributed by atoms with Crippen molar-refractivity contribution in [3.8, 4) is 5.88 Å². The van der Waals surface area contributed by atoms with Crippen LogP contribution < -0.4 is 10.1 Å². The lowest BCUT2D eigenvalue weighted by molar-refractivity contribution is 0.0921. The Balaban J connectivity index is 1.63. The molecule has 0 bridgehead atoms. The van der Waals surface area contributed by atoms with Crippen LogP contribution in [0.5, 0.6) is 5.88 Å². The van der Waals surface area contributed by atoms with Gasteiger partial charge in [0.05, 0.1) is 12.8 Å². The van der Waals surface area contributed by atoms with Crippen LogP contribution in [-0.4, -0.2) is 53.7 Å². The number of nitrogens with zero attached hydrogens (tertiary/aromatic N) is 2. The molecule has 132 valence electrons. The molecule has 2 N–H and O–H groups in total. The Bertz CT molecular complexity index is 708. The van der Waals surface area contributed by atoms with E-state index in [9.17, 15) is 9.90 Å². The van der Waals surface area contributed by atoms with E-state index in [4.69, 9.17) is 4.74 Å². The normalized spacial score (nSPS) is 20.4. The third kappa shape index (κ3) is 4.35.